The summed E-state index contributed by atoms with van der Waals surface area (Å²) in [4.78, 5) is 3.18. The number of rotatable bonds is 1. The molecule has 2 heterocycles. The van der Waals surface area contributed by atoms with E-state index in [-0.39, 0.29) is 6.04 Å². The van der Waals surface area contributed by atoms with Gasteiger partial charge in [0.05, 0.1) is 27.1 Å². The van der Waals surface area contributed by atoms with E-state index in [1.807, 2.05) is 28.8 Å². The summed E-state index contributed by atoms with van der Waals surface area (Å²) in [6.07, 6.45) is 0. The maximum absolute atomic E-state index is 6.15. The molecule has 0 fully saturated rings. The Morgan fingerprint density at radius 1 is 1.19 bits per heavy atom. The van der Waals surface area contributed by atoms with E-state index in [9.17, 15) is 0 Å². The summed E-state index contributed by atoms with van der Waals surface area (Å²) in [5.41, 5.74) is 2.93. The number of hydrogen-bond donors (Lipinski definition) is 1. The number of imidazole rings is 1. The lowest BCUT2D eigenvalue weighted by Gasteiger charge is -2.12. The molecule has 106 valence electrons. The summed E-state index contributed by atoms with van der Waals surface area (Å²) < 4.78 is 8.43. The van der Waals surface area contributed by atoms with Crippen molar-refractivity contribution in [3.63, 3.8) is 0 Å². The first-order chi connectivity index (χ1) is 10.1. The largest absolute Gasteiger partial charge is 0.491 e. The minimum absolute atomic E-state index is 0.0414. The Balaban J connectivity index is 1.98. The smallest absolute Gasteiger partial charge is 0.178 e. The summed E-state index contributed by atoms with van der Waals surface area (Å²) in [6.45, 7) is 0.556. The van der Waals surface area contributed by atoms with Gasteiger partial charge in [0, 0.05) is 5.56 Å². The summed E-state index contributed by atoms with van der Waals surface area (Å²) in [7, 11) is 0. The molecule has 1 atom stereocenters. The molecule has 0 radical (unpaired) electrons. The van der Waals surface area contributed by atoms with Crippen molar-refractivity contribution in [3.05, 3.63) is 56.8 Å². The predicted octanol–water partition coefficient (Wildman–Crippen LogP) is 4.99. The predicted molar refractivity (Wildman–Crippen MR) is 87.2 cm³/mol. The van der Waals surface area contributed by atoms with E-state index in [0.717, 1.165) is 22.3 Å². The molecule has 1 N–H and O–H groups in total. The van der Waals surface area contributed by atoms with Crippen LogP contribution in [-0.2, 0) is 0 Å². The fraction of sp³-hybridized carbons (Fsp3) is 0.133. The van der Waals surface area contributed by atoms with Crippen LogP contribution in [0.1, 0.15) is 11.6 Å². The van der Waals surface area contributed by atoms with Crippen LogP contribution in [-0.4, -0.2) is 16.2 Å². The van der Waals surface area contributed by atoms with Crippen LogP contribution in [0, 0.1) is 4.77 Å². The third-order valence-electron chi connectivity index (χ3n) is 3.74. The zero-order chi connectivity index (χ0) is 14.6. The Bertz CT molecular complexity index is 916. The third kappa shape index (κ3) is 1.98. The van der Waals surface area contributed by atoms with Gasteiger partial charge in [0.15, 0.2) is 4.77 Å². The Labute approximate surface area is 136 Å². The van der Waals surface area contributed by atoms with Crippen molar-refractivity contribution in [2.75, 3.05) is 6.61 Å². The van der Waals surface area contributed by atoms with Crippen molar-refractivity contribution >= 4 is 46.5 Å². The number of benzene rings is 2. The third-order valence-corrected chi connectivity index (χ3v) is 4.77. The number of fused-ring (bicyclic) bond motifs is 2. The summed E-state index contributed by atoms with van der Waals surface area (Å²) >= 11 is 17.7. The van der Waals surface area contributed by atoms with Crippen molar-refractivity contribution in [3.8, 4) is 5.75 Å². The Hall–Kier alpha value is -1.49. The van der Waals surface area contributed by atoms with E-state index in [2.05, 4.69) is 11.1 Å². The van der Waals surface area contributed by atoms with Gasteiger partial charge in [0.1, 0.15) is 12.4 Å². The molecule has 2 aromatic carbocycles. The molecule has 0 aliphatic carbocycles. The van der Waals surface area contributed by atoms with Crippen molar-refractivity contribution in [2.24, 2.45) is 0 Å². The highest BCUT2D eigenvalue weighted by Crippen LogP contribution is 2.37. The average Bonchev–Trinajstić information content (AvgIpc) is 3.00. The lowest BCUT2D eigenvalue weighted by molar-refractivity contribution is 0.318. The molecule has 1 aliphatic rings. The van der Waals surface area contributed by atoms with Crippen LogP contribution in [0.25, 0.3) is 11.0 Å². The zero-order valence-corrected chi connectivity index (χ0v) is 13.1. The number of para-hydroxylation sites is 1. The molecule has 21 heavy (non-hydrogen) atoms. The number of nitrogens with zero attached hydrogens (tertiary/aromatic N) is 1. The van der Waals surface area contributed by atoms with Crippen LogP contribution < -0.4 is 4.74 Å². The molecule has 3 aromatic rings. The van der Waals surface area contributed by atoms with Crippen molar-refractivity contribution < 1.29 is 4.74 Å². The first kappa shape index (κ1) is 13.2. The highest BCUT2D eigenvalue weighted by molar-refractivity contribution is 7.71. The van der Waals surface area contributed by atoms with E-state index in [4.69, 9.17) is 40.2 Å². The van der Waals surface area contributed by atoms with Gasteiger partial charge < -0.3 is 14.3 Å². The molecule has 0 bridgehead atoms. The van der Waals surface area contributed by atoms with E-state index >= 15 is 0 Å². The number of hydrogen-bond acceptors (Lipinski definition) is 2. The lowest BCUT2D eigenvalue weighted by Crippen LogP contribution is -2.12. The van der Waals surface area contributed by atoms with Crippen molar-refractivity contribution in [2.45, 2.75) is 6.04 Å². The van der Waals surface area contributed by atoms with Gasteiger partial charge in [0.2, 0.25) is 0 Å². The van der Waals surface area contributed by atoms with Gasteiger partial charge >= 0.3 is 0 Å². The number of aromatic amines is 1. The molecular formula is C15H10Cl2N2OS. The van der Waals surface area contributed by atoms with Gasteiger partial charge in [0.25, 0.3) is 0 Å². The Morgan fingerprint density at radius 3 is 2.81 bits per heavy atom. The first-order valence-corrected chi connectivity index (χ1v) is 7.62. The number of H-pyrrole nitrogens is 1. The number of halogens is 2. The minimum Gasteiger partial charge on any atom is -0.491 e. The maximum atomic E-state index is 6.15. The van der Waals surface area contributed by atoms with Crippen LogP contribution in [0.4, 0.5) is 0 Å². The highest BCUT2D eigenvalue weighted by atomic mass is 35.5. The van der Waals surface area contributed by atoms with Gasteiger partial charge in [-0.3, -0.25) is 0 Å². The van der Waals surface area contributed by atoms with E-state index in [0.29, 0.717) is 21.4 Å². The Morgan fingerprint density at radius 2 is 1.95 bits per heavy atom. The second kappa shape index (κ2) is 4.77. The SMILES string of the molecule is S=c1[nH]c2cc(Cl)c(Cl)cc2n1C1COc2ccccc21. The molecule has 0 spiro atoms. The molecule has 1 aromatic heterocycles. The molecule has 1 aliphatic heterocycles. The second-order valence-corrected chi connectivity index (χ2v) is 6.15. The minimum atomic E-state index is 0.0414. The van der Waals surface area contributed by atoms with Crippen LogP contribution in [0.15, 0.2) is 36.4 Å². The van der Waals surface area contributed by atoms with Crippen LogP contribution in [0.3, 0.4) is 0 Å². The molecule has 6 heteroatoms. The summed E-state index contributed by atoms with van der Waals surface area (Å²) in [5, 5.41) is 1.02. The van der Waals surface area contributed by atoms with Gasteiger partial charge in [-0.1, -0.05) is 41.4 Å². The average molecular weight is 337 g/mol. The van der Waals surface area contributed by atoms with Gasteiger partial charge in [-0.25, -0.2) is 0 Å². The van der Waals surface area contributed by atoms with E-state index in [1.54, 1.807) is 6.07 Å². The second-order valence-electron chi connectivity index (χ2n) is 4.95. The van der Waals surface area contributed by atoms with Crippen LogP contribution in [0.5, 0.6) is 5.75 Å². The number of nitrogens with one attached hydrogen (secondary N) is 1. The van der Waals surface area contributed by atoms with Crippen molar-refractivity contribution in [1.82, 2.24) is 9.55 Å². The van der Waals surface area contributed by atoms with Crippen LogP contribution in [0.2, 0.25) is 10.0 Å². The van der Waals surface area contributed by atoms with Gasteiger partial charge in [-0.15, -0.1) is 0 Å². The summed E-state index contributed by atoms with van der Waals surface area (Å²) in [6, 6.07) is 11.7. The topological polar surface area (TPSA) is 29.9 Å². The molecule has 3 nitrogen and oxygen atoms in total. The quantitative estimate of drug-likeness (QED) is 0.634. The van der Waals surface area contributed by atoms with Gasteiger partial charge in [-0.2, -0.15) is 0 Å². The number of ether oxygens (including phenoxy) is 1. The number of aromatic nitrogens is 2. The molecule has 4 rings (SSSR count). The maximum Gasteiger partial charge on any atom is 0.178 e. The molecule has 0 amide bonds. The van der Waals surface area contributed by atoms with E-state index in [1.165, 1.54) is 0 Å². The molecular weight excluding hydrogens is 327 g/mol. The zero-order valence-electron chi connectivity index (χ0n) is 10.8. The molecule has 0 saturated carbocycles. The fourth-order valence-corrected chi connectivity index (χ4v) is 3.45. The van der Waals surface area contributed by atoms with Gasteiger partial charge in [-0.05, 0) is 30.4 Å². The monoisotopic (exact) mass is 336 g/mol. The fourth-order valence-electron chi connectivity index (χ4n) is 2.79. The van der Waals surface area contributed by atoms with Crippen LogP contribution >= 0.6 is 35.4 Å². The van der Waals surface area contributed by atoms with E-state index < -0.39 is 0 Å². The molecule has 1 unspecified atom stereocenters. The lowest BCUT2D eigenvalue weighted by atomic mass is 10.1. The Kier molecular flexibility index (Phi) is 2.99. The highest BCUT2D eigenvalue weighted by Gasteiger charge is 2.27. The standard InChI is InChI=1S/C15H10Cl2N2OS/c16-9-5-11-12(6-10(9)17)19(15(21)18-11)13-7-20-14-4-2-1-3-8(13)14/h1-6,13H,7H2,(H,18,21). The summed E-state index contributed by atoms with van der Waals surface area (Å²) in [5.74, 6) is 0.902. The first-order valence-electron chi connectivity index (χ1n) is 6.46. The van der Waals surface area contributed by atoms with Crippen molar-refractivity contribution in [1.29, 1.82) is 0 Å². The molecule has 0 saturated heterocycles. The normalized spacial score (nSPS) is 17.0.